The molecule has 3 aliphatic rings. The number of hydrogen-bond donors (Lipinski definition) is 2. The van der Waals surface area contributed by atoms with Crippen molar-refractivity contribution in [3.63, 3.8) is 0 Å². The van der Waals surface area contributed by atoms with E-state index in [2.05, 4.69) is 28.1 Å². The largest absolute Gasteiger partial charge is 0.487 e. The molecule has 7 heteroatoms. The van der Waals surface area contributed by atoms with Gasteiger partial charge in [0.05, 0.1) is 17.4 Å². The molecule has 0 bridgehead atoms. The van der Waals surface area contributed by atoms with Gasteiger partial charge in [-0.1, -0.05) is 42.0 Å². The van der Waals surface area contributed by atoms with Gasteiger partial charge < -0.3 is 24.6 Å². The quantitative estimate of drug-likeness (QED) is 0.530. The number of pyridine rings is 1. The van der Waals surface area contributed by atoms with Crippen LogP contribution < -0.4 is 4.74 Å². The number of allylic oxidation sites excluding steroid dienone is 3. The minimum Gasteiger partial charge on any atom is -0.487 e. The molecule has 0 saturated carbocycles. The summed E-state index contributed by atoms with van der Waals surface area (Å²) in [6, 6.07) is 9.92. The zero-order chi connectivity index (χ0) is 26.9. The van der Waals surface area contributed by atoms with Gasteiger partial charge in [-0.3, -0.25) is 4.98 Å². The zero-order valence-electron chi connectivity index (χ0n) is 22.4. The molecule has 1 aromatic heterocycles. The Morgan fingerprint density at radius 1 is 1.29 bits per heavy atom. The van der Waals surface area contributed by atoms with Crippen LogP contribution in [0.2, 0.25) is 0 Å². The highest BCUT2D eigenvalue weighted by Gasteiger charge is 2.47. The topological polar surface area (TPSA) is 75.1 Å². The van der Waals surface area contributed by atoms with Gasteiger partial charge >= 0.3 is 0 Å². The van der Waals surface area contributed by atoms with Gasteiger partial charge in [0.15, 0.2) is 0 Å². The number of methoxy groups -OCH3 is 1. The number of benzene rings is 1. The zero-order valence-corrected chi connectivity index (χ0v) is 23.1. The van der Waals surface area contributed by atoms with Gasteiger partial charge in [-0.15, -0.1) is 0 Å². The van der Waals surface area contributed by atoms with E-state index in [0.717, 1.165) is 71.1 Å². The minimum atomic E-state index is -0.962. The number of fused-ring (bicyclic) bond motifs is 2. The van der Waals surface area contributed by atoms with Crippen LogP contribution in [-0.4, -0.2) is 58.5 Å². The van der Waals surface area contributed by atoms with E-state index in [1.165, 1.54) is 0 Å². The van der Waals surface area contributed by atoms with Crippen LogP contribution in [0.1, 0.15) is 55.5 Å². The molecule has 0 amide bonds. The molecule has 5 rings (SSSR count). The molecule has 202 valence electrons. The lowest BCUT2D eigenvalue weighted by atomic mass is 9.74. The molecule has 38 heavy (non-hydrogen) atoms. The normalized spacial score (nSPS) is 26.8. The second-order valence-electron chi connectivity index (χ2n) is 11.0. The Kier molecular flexibility index (Phi) is 7.81. The highest BCUT2D eigenvalue weighted by atomic mass is 35.5. The third kappa shape index (κ3) is 5.33. The van der Waals surface area contributed by atoms with Gasteiger partial charge in [-0.25, -0.2) is 0 Å². The summed E-state index contributed by atoms with van der Waals surface area (Å²) in [5, 5.41) is 22.6. The fourth-order valence-corrected chi connectivity index (χ4v) is 6.08. The van der Waals surface area contributed by atoms with E-state index in [9.17, 15) is 10.2 Å². The summed E-state index contributed by atoms with van der Waals surface area (Å²) in [4.78, 5) is 6.88. The van der Waals surface area contributed by atoms with Crippen LogP contribution in [-0.2, 0) is 16.9 Å². The molecule has 2 aliphatic heterocycles. The lowest BCUT2D eigenvalue weighted by Crippen LogP contribution is -2.60. The van der Waals surface area contributed by atoms with Crippen LogP contribution in [0.15, 0.2) is 65.9 Å². The number of piperidine rings is 1. The number of aliphatic hydroxyl groups excluding tert-OH is 1. The molecule has 2 N–H and O–H groups in total. The van der Waals surface area contributed by atoms with E-state index in [1.54, 1.807) is 27.2 Å². The first-order valence-corrected chi connectivity index (χ1v) is 13.7. The van der Waals surface area contributed by atoms with Crippen molar-refractivity contribution < 1.29 is 19.7 Å². The highest BCUT2D eigenvalue weighted by molar-refractivity contribution is 6.31. The van der Waals surface area contributed by atoms with Gasteiger partial charge in [0.25, 0.3) is 0 Å². The van der Waals surface area contributed by atoms with E-state index in [4.69, 9.17) is 21.1 Å². The van der Waals surface area contributed by atoms with E-state index in [-0.39, 0.29) is 5.92 Å². The molecule has 1 aliphatic carbocycles. The van der Waals surface area contributed by atoms with Crippen molar-refractivity contribution in [3.8, 4) is 5.75 Å². The molecule has 3 unspecified atom stereocenters. The fourth-order valence-electron chi connectivity index (χ4n) is 5.92. The van der Waals surface area contributed by atoms with Crippen LogP contribution in [0.5, 0.6) is 5.75 Å². The first-order chi connectivity index (χ1) is 18.2. The summed E-state index contributed by atoms with van der Waals surface area (Å²) in [7, 11) is 1.70. The molecule has 0 radical (unpaired) electrons. The number of aromatic nitrogens is 1. The first-order valence-electron chi connectivity index (χ1n) is 13.3. The highest BCUT2D eigenvalue weighted by Crippen LogP contribution is 2.40. The molecule has 3 atom stereocenters. The van der Waals surface area contributed by atoms with Crippen LogP contribution >= 0.6 is 11.6 Å². The predicted octanol–water partition coefficient (Wildman–Crippen LogP) is 5.17. The number of ether oxygens (including phenoxy) is 2. The third-order valence-electron chi connectivity index (χ3n) is 8.19. The first kappa shape index (κ1) is 27.1. The van der Waals surface area contributed by atoms with Crippen LogP contribution in [0.4, 0.5) is 0 Å². The van der Waals surface area contributed by atoms with E-state index < -0.39 is 17.3 Å². The number of halogens is 1. The summed E-state index contributed by atoms with van der Waals surface area (Å²) in [6.45, 7) is 6.19. The van der Waals surface area contributed by atoms with Crippen LogP contribution in [0.25, 0.3) is 5.57 Å². The second-order valence-corrected chi connectivity index (χ2v) is 11.4. The number of likely N-dealkylation sites (tertiary alicyclic amines) is 1. The van der Waals surface area contributed by atoms with Crippen molar-refractivity contribution in [2.45, 2.75) is 57.0 Å². The van der Waals surface area contributed by atoms with E-state index in [1.807, 2.05) is 36.4 Å². The monoisotopic (exact) mass is 536 g/mol. The summed E-state index contributed by atoms with van der Waals surface area (Å²) in [5.41, 5.74) is 3.24. The molecule has 1 aromatic carbocycles. The maximum absolute atomic E-state index is 11.2. The molecule has 3 heterocycles. The molecule has 6 nitrogen and oxygen atoms in total. The van der Waals surface area contributed by atoms with E-state index in [0.29, 0.717) is 13.2 Å². The maximum Gasteiger partial charge on any atom is 0.131 e. The average Bonchev–Trinajstić information content (AvgIpc) is 3.06. The number of rotatable bonds is 6. The van der Waals surface area contributed by atoms with Gasteiger partial charge in [-0.05, 0) is 68.5 Å². The predicted molar refractivity (Wildman–Crippen MR) is 150 cm³/mol. The van der Waals surface area contributed by atoms with Crippen molar-refractivity contribution in [2.75, 3.05) is 26.7 Å². The Bertz CT molecular complexity index is 1260. The van der Waals surface area contributed by atoms with Crippen molar-refractivity contribution in [3.05, 3.63) is 88.2 Å². The van der Waals surface area contributed by atoms with Crippen molar-refractivity contribution in [1.82, 2.24) is 9.88 Å². The Labute approximate surface area is 230 Å². The molecular formula is C31H37ClN2O4. The molecular weight excluding hydrogens is 500 g/mol. The van der Waals surface area contributed by atoms with Crippen molar-refractivity contribution in [1.29, 1.82) is 0 Å². The van der Waals surface area contributed by atoms with Gasteiger partial charge in [0.1, 0.15) is 18.0 Å². The second kappa shape index (κ2) is 10.9. The number of hydrogen-bond acceptors (Lipinski definition) is 6. The van der Waals surface area contributed by atoms with Crippen molar-refractivity contribution in [2.24, 2.45) is 5.92 Å². The fraction of sp³-hybridized carbons (Fsp3) is 0.452. The number of nitrogens with zero attached hydrogens (tertiary/aromatic N) is 2. The summed E-state index contributed by atoms with van der Waals surface area (Å²) in [5.74, 6) is 0.890. The third-order valence-corrected chi connectivity index (χ3v) is 8.47. The van der Waals surface area contributed by atoms with E-state index >= 15 is 0 Å². The molecule has 2 aromatic rings. The van der Waals surface area contributed by atoms with Crippen LogP contribution in [0, 0.1) is 5.92 Å². The SMILES string of the molecule is COC1(C2C=CC(Cl)=CC2)CCN(CC/C=C2/c3cc(C(C)(C)O)ccc3OCc3ncccc32)CC1O. The lowest BCUT2D eigenvalue weighted by Gasteiger charge is -2.48. The Hall–Kier alpha value is -2.48. The Morgan fingerprint density at radius 2 is 2.13 bits per heavy atom. The molecule has 1 saturated heterocycles. The smallest absolute Gasteiger partial charge is 0.131 e. The minimum absolute atomic E-state index is 0.103. The lowest BCUT2D eigenvalue weighted by molar-refractivity contribution is -0.161. The summed E-state index contributed by atoms with van der Waals surface area (Å²) < 4.78 is 12.1. The Balaban J connectivity index is 1.35. The summed E-state index contributed by atoms with van der Waals surface area (Å²) >= 11 is 6.13. The molecule has 0 spiro atoms. The summed E-state index contributed by atoms with van der Waals surface area (Å²) in [6.07, 6.45) is 11.7. The van der Waals surface area contributed by atoms with Gasteiger partial charge in [0.2, 0.25) is 0 Å². The van der Waals surface area contributed by atoms with Crippen molar-refractivity contribution >= 4 is 17.2 Å². The van der Waals surface area contributed by atoms with Gasteiger partial charge in [-0.2, -0.15) is 0 Å². The number of β-amino-alcohol motifs (C(OH)–C–C–N with tert-alkyl or cyclic N) is 1. The Morgan fingerprint density at radius 3 is 2.84 bits per heavy atom. The van der Waals surface area contributed by atoms with Gasteiger partial charge in [0, 0.05) is 55.0 Å². The average molecular weight is 537 g/mol. The standard InChI is InChI=1S/C31H37ClN2O4/c1-30(2,36)22-10-13-28-26(18-22)24(25-6-4-15-33-27(25)20-38-28)7-5-16-34-17-14-31(37-3,29(35)19-34)21-8-11-23(32)12-9-21/h4,6-8,10-13,15,18,21,29,35-36H,5,9,14,16-17,19-20H2,1-3H3/b24-7+. The number of aliphatic hydroxyl groups is 2. The molecule has 1 fully saturated rings. The van der Waals surface area contributed by atoms with Crippen LogP contribution in [0.3, 0.4) is 0 Å². The maximum atomic E-state index is 11.2.